The molecule has 0 aliphatic rings. The SMILES string of the molecule is C.CNc1nn(C(c2ccccc2)(c2ccccc2)c2ccccc2)c2cc(CC(=O)C[C@H](C)c3ccc(F)cc3)ncc12. The summed E-state index contributed by atoms with van der Waals surface area (Å²) >= 11 is 0. The topological polar surface area (TPSA) is 59.8 Å². The minimum atomic E-state index is -0.809. The molecule has 0 aliphatic heterocycles. The van der Waals surface area contributed by atoms with Gasteiger partial charge in [0, 0.05) is 31.8 Å². The summed E-state index contributed by atoms with van der Waals surface area (Å²) in [6, 6.07) is 39.5. The first-order chi connectivity index (χ1) is 21.0. The summed E-state index contributed by atoms with van der Waals surface area (Å²) in [4.78, 5) is 18.0. The maximum Gasteiger partial charge on any atom is 0.157 e. The van der Waals surface area contributed by atoms with Crippen LogP contribution in [0.25, 0.3) is 10.9 Å². The highest BCUT2D eigenvalue weighted by molar-refractivity contribution is 5.91. The largest absolute Gasteiger partial charge is 0.371 e. The summed E-state index contributed by atoms with van der Waals surface area (Å²) in [5.74, 6) is 0.469. The summed E-state index contributed by atoms with van der Waals surface area (Å²) in [6.07, 6.45) is 2.34. The molecule has 6 aromatic rings. The van der Waals surface area contributed by atoms with E-state index in [9.17, 15) is 9.18 Å². The Bertz CT molecular complexity index is 1740. The van der Waals surface area contributed by atoms with Gasteiger partial charge in [-0.05, 0) is 46.4 Å². The second-order valence-electron chi connectivity index (χ2n) is 10.9. The van der Waals surface area contributed by atoms with Crippen LogP contribution in [0.4, 0.5) is 10.2 Å². The van der Waals surface area contributed by atoms with Crippen LogP contribution < -0.4 is 5.32 Å². The zero-order valence-corrected chi connectivity index (χ0v) is 24.2. The number of carbonyl (C=O) groups excluding carboxylic acids is 1. The number of hydrogen-bond donors (Lipinski definition) is 1. The Morgan fingerprint density at radius 2 is 1.36 bits per heavy atom. The fourth-order valence-corrected chi connectivity index (χ4v) is 6.02. The van der Waals surface area contributed by atoms with Crippen LogP contribution in [0.3, 0.4) is 0 Å². The van der Waals surface area contributed by atoms with E-state index in [1.54, 1.807) is 12.1 Å². The van der Waals surface area contributed by atoms with Gasteiger partial charge in [-0.15, -0.1) is 0 Å². The predicted octanol–water partition coefficient (Wildman–Crippen LogP) is 8.39. The van der Waals surface area contributed by atoms with Gasteiger partial charge in [-0.3, -0.25) is 9.78 Å². The van der Waals surface area contributed by atoms with Crippen molar-refractivity contribution in [3.8, 4) is 0 Å². The molecule has 6 rings (SSSR count). The van der Waals surface area contributed by atoms with Gasteiger partial charge in [0.05, 0.1) is 10.9 Å². The van der Waals surface area contributed by atoms with Gasteiger partial charge < -0.3 is 5.32 Å². The van der Waals surface area contributed by atoms with Crippen LogP contribution in [0.15, 0.2) is 128 Å². The first kappa shape index (κ1) is 30.4. The number of carbonyl (C=O) groups is 1. The molecule has 5 nitrogen and oxygen atoms in total. The summed E-state index contributed by atoms with van der Waals surface area (Å²) in [5.41, 5.74) is 4.84. The predicted molar refractivity (Wildman–Crippen MR) is 177 cm³/mol. The van der Waals surface area contributed by atoms with E-state index in [0.717, 1.165) is 33.2 Å². The van der Waals surface area contributed by atoms with Gasteiger partial charge in [0.15, 0.2) is 5.82 Å². The highest BCUT2D eigenvalue weighted by Crippen LogP contribution is 2.43. The van der Waals surface area contributed by atoms with Gasteiger partial charge in [0.1, 0.15) is 17.1 Å². The monoisotopic (exact) mass is 584 g/mol. The smallest absolute Gasteiger partial charge is 0.157 e. The van der Waals surface area contributed by atoms with E-state index in [0.29, 0.717) is 17.9 Å². The molecule has 6 heteroatoms. The number of pyridine rings is 1. The van der Waals surface area contributed by atoms with Crippen LogP contribution in [-0.4, -0.2) is 27.6 Å². The highest BCUT2D eigenvalue weighted by Gasteiger charge is 2.41. The maximum absolute atomic E-state index is 13.4. The van der Waals surface area contributed by atoms with E-state index in [-0.39, 0.29) is 31.4 Å². The van der Waals surface area contributed by atoms with Crippen molar-refractivity contribution in [1.82, 2.24) is 14.8 Å². The van der Waals surface area contributed by atoms with Crippen molar-refractivity contribution in [3.05, 3.63) is 161 Å². The van der Waals surface area contributed by atoms with Crippen LogP contribution in [0.2, 0.25) is 0 Å². The lowest BCUT2D eigenvalue weighted by Gasteiger charge is -2.37. The Balaban J connectivity index is 0.00000384. The van der Waals surface area contributed by atoms with Crippen molar-refractivity contribution < 1.29 is 9.18 Å². The Labute approximate surface area is 258 Å². The molecule has 2 heterocycles. The average molecular weight is 585 g/mol. The summed E-state index contributed by atoms with van der Waals surface area (Å²) in [6.45, 7) is 1.99. The molecule has 0 amide bonds. The van der Waals surface area contributed by atoms with Crippen molar-refractivity contribution in [2.75, 3.05) is 12.4 Å². The molecule has 0 fully saturated rings. The number of benzene rings is 4. The molecule has 0 unspecified atom stereocenters. The van der Waals surface area contributed by atoms with E-state index >= 15 is 0 Å². The van der Waals surface area contributed by atoms with Crippen LogP contribution in [0, 0.1) is 5.82 Å². The number of nitrogens with one attached hydrogen (secondary N) is 1. The van der Waals surface area contributed by atoms with Crippen LogP contribution >= 0.6 is 0 Å². The first-order valence-corrected chi connectivity index (χ1v) is 14.5. The molecule has 0 saturated carbocycles. The third-order valence-corrected chi connectivity index (χ3v) is 8.10. The Hall–Kier alpha value is -5.10. The number of halogens is 1. The van der Waals surface area contributed by atoms with E-state index in [1.165, 1.54) is 12.1 Å². The van der Waals surface area contributed by atoms with E-state index in [1.807, 2.05) is 44.4 Å². The molecule has 0 aliphatic carbocycles. The number of anilines is 1. The number of Topliss-reactive ketones (excluding diaryl/α,β-unsaturated/α-hetero) is 1. The molecule has 222 valence electrons. The number of fused-ring (bicyclic) bond motifs is 1. The number of rotatable bonds is 10. The first-order valence-electron chi connectivity index (χ1n) is 14.5. The van der Waals surface area contributed by atoms with Crippen LogP contribution in [0.5, 0.6) is 0 Å². The molecule has 0 saturated heterocycles. The molecular formula is C38H37FN4O. The summed E-state index contributed by atoms with van der Waals surface area (Å²) in [5, 5.41) is 9.30. The molecule has 4 aromatic carbocycles. The van der Waals surface area contributed by atoms with Crippen molar-refractivity contribution in [2.45, 2.75) is 38.6 Å². The van der Waals surface area contributed by atoms with E-state index in [4.69, 9.17) is 10.1 Å². The number of nitrogens with zero attached hydrogens (tertiary/aromatic N) is 3. The molecule has 2 aromatic heterocycles. The third kappa shape index (κ3) is 5.63. The molecule has 0 bridgehead atoms. The lowest BCUT2D eigenvalue weighted by molar-refractivity contribution is -0.118. The normalized spacial score (nSPS) is 12.0. The molecule has 1 N–H and O–H groups in total. The van der Waals surface area contributed by atoms with Gasteiger partial charge in [0.2, 0.25) is 0 Å². The van der Waals surface area contributed by atoms with Gasteiger partial charge in [-0.2, -0.15) is 5.10 Å². The number of hydrogen-bond acceptors (Lipinski definition) is 4. The van der Waals surface area contributed by atoms with Crippen molar-refractivity contribution in [2.24, 2.45) is 0 Å². The van der Waals surface area contributed by atoms with E-state index in [2.05, 4.69) is 82.8 Å². The molecule has 1 atom stereocenters. The molecular weight excluding hydrogens is 547 g/mol. The average Bonchev–Trinajstić information content (AvgIpc) is 3.41. The number of aromatic nitrogens is 3. The second kappa shape index (κ2) is 13.0. The number of ketones is 1. The van der Waals surface area contributed by atoms with Crippen LogP contribution in [-0.2, 0) is 16.8 Å². The minimum Gasteiger partial charge on any atom is -0.371 e. The zero-order valence-electron chi connectivity index (χ0n) is 24.2. The molecule has 0 radical (unpaired) electrons. The van der Waals surface area contributed by atoms with Gasteiger partial charge in [-0.1, -0.05) is 117 Å². The van der Waals surface area contributed by atoms with Crippen molar-refractivity contribution >= 4 is 22.5 Å². The van der Waals surface area contributed by atoms with Crippen molar-refractivity contribution in [3.63, 3.8) is 0 Å². The summed E-state index contributed by atoms with van der Waals surface area (Å²) < 4.78 is 15.5. The minimum absolute atomic E-state index is 0. The Morgan fingerprint density at radius 3 is 1.86 bits per heavy atom. The van der Waals surface area contributed by atoms with Crippen LogP contribution in [0.1, 0.15) is 54.6 Å². The van der Waals surface area contributed by atoms with Gasteiger partial charge >= 0.3 is 0 Å². The van der Waals surface area contributed by atoms with Gasteiger partial charge in [0.25, 0.3) is 0 Å². The van der Waals surface area contributed by atoms with E-state index < -0.39 is 5.54 Å². The molecule has 44 heavy (non-hydrogen) atoms. The van der Waals surface area contributed by atoms with Gasteiger partial charge in [-0.25, -0.2) is 9.07 Å². The fourth-order valence-electron chi connectivity index (χ4n) is 6.02. The standard InChI is InChI=1S/C37H33FN4O.CH4/c1-26(27-18-20-31(38)21-19-27)22-33(43)23-32-24-35-34(25-40-32)36(39-2)41-42(35)37(28-12-6-3-7-13-28,29-14-8-4-9-15-29)30-16-10-5-11-17-30;/h3-21,24-26H,22-23H2,1-2H3,(H,39,41);1H4/t26-;/m0./s1. The van der Waals surface area contributed by atoms with Crippen molar-refractivity contribution in [1.29, 1.82) is 0 Å². The highest BCUT2D eigenvalue weighted by atomic mass is 19.1. The lowest BCUT2D eigenvalue weighted by Crippen LogP contribution is -2.38. The fraction of sp³-hybridized carbons (Fsp3) is 0.184. The lowest BCUT2D eigenvalue weighted by atomic mass is 9.77. The third-order valence-electron chi connectivity index (χ3n) is 8.10. The Morgan fingerprint density at radius 1 is 0.841 bits per heavy atom. The summed E-state index contributed by atoms with van der Waals surface area (Å²) in [7, 11) is 1.86. The molecule has 0 spiro atoms. The Kier molecular flexibility index (Phi) is 9.00. The zero-order chi connectivity index (χ0) is 29.8. The second-order valence-corrected chi connectivity index (χ2v) is 10.9. The quantitative estimate of drug-likeness (QED) is 0.164. The maximum atomic E-state index is 13.4.